The fourth-order valence-corrected chi connectivity index (χ4v) is 4.57. The van der Waals surface area contributed by atoms with E-state index in [1.165, 1.54) is 31.1 Å². The molecule has 5 rings (SSSR count). The molecular weight excluding hydrogens is 408 g/mol. The lowest BCUT2D eigenvalue weighted by molar-refractivity contribution is 0.279. The summed E-state index contributed by atoms with van der Waals surface area (Å²) in [7, 11) is 3.99. The first-order chi connectivity index (χ1) is 16.0. The van der Waals surface area contributed by atoms with Gasteiger partial charge in [0.2, 0.25) is 0 Å². The van der Waals surface area contributed by atoms with Crippen LogP contribution in [0.15, 0.2) is 59.0 Å². The van der Waals surface area contributed by atoms with E-state index < -0.39 is 0 Å². The molecule has 174 valence electrons. The van der Waals surface area contributed by atoms with Crippen molar-refractivity contribution < 1.29 is 4.42 Å². The molecule has 1 fully saturated rings. The minimum absolute atomic E-state index is 0.812. The molecule has 1 saturated carbocycles. The summed E-state index contributed by atoms with van der Waals surface area (Å²) in [6, 6.07) is 18.4. The highest BCUT2D eigenvalue weighted by molar-refractivity contribution is 5.89. The summed E-state index contributed by atoms with van der Waals surface area (Å²) in [5.41, 5.74) is 1.99. The molecule has 0 spiro atoms. The van der Waals surface area contributed by atoms with E-state index in [9.17, 15) is 0 Å². The van der Waals surface area contributed by atoms with Crippen molar-refractivity contribution in [3.63, 3.8) is 0 Å². The first kappa shape index (κ1) is 23.2. The molecule has 1 N–H and O–H groups in total. The van der Waals surface area contributed by atoms with Crippen LogP contribution in [0.3, 0.4) is 0 Å². The van der Waals surface area contributed by atoms with Crippen LogP contribution in [-0.4, -0.2) is 30.6 Å². The number of hydrogen-bond donors (Lipinski definition) is 1. The van der Waals surface area contributed by atoms with E-state index in [-0.39, 0.29) is 0 Å². The van der Waals surface area contributed by atoms with Gasteiger partial charge in [-0.1, -0.05) is 50.1 Å². The van der Waals surface area contributed by atoms with Gasteiger partial charge in [-0.05, 0) is 62.4 Å². The number of aryl methyl sites for hydroxylation is 1. The first-order valence-corrected chi connectivity index (χ1v) is 12.1. The molecule has 0 bridgehead atoms. The molecule has 0 saturated heterocycles. The van der Waals surface area contributed by atoms with Crippen molar-refractivity contribution >= 4 is 27.7 Å². The highest BCUT2D eigenvalue weighted by Gasteiger charge is 2.17. The zero-order chi connectivity index (χ0) is 23.2. The smallest absolute Gasteiger partial charge is 0.139 e. The average Bonchev–Trinajstić information content (AvgIpc) is 3.23. The largest absolute Gasteiger partial charge is 0.460 e. The quantitative estimate of drug-likeness (QED) is 0.388. The molecule has 1 aliphatic rings. The summed E-state index contributed by atoms with van der Waals surface area (Å²) in [4.78, 5) is 10.8. The van der Waals surface area contributed by atoms with Crippen molar-refractivity contribution in [1.29, 1.82) is 0 Å². The van der Waals surface area contributed by atoms with E-state index in [0.717, 1.165) is 58.8 Å². The number of furan rings is 1. The maximum atomic E-state index is 5.81. The maximum absolute atomic E-state index is 5.81. The Morgan fingerprint density at radius 3 is 2.45 bits per heavy atom. The lowest BCUT2D eigenvalue weighted by Crippen LogP contribution is -2.25. The van der Waals surface area contributed by atoms with Gasteiger partial charge in [-0.3, -0.25) is 0 Å². The van der Waals surface area contributed by atoms with Crippen molar-refractivity contribution in [2.75, 3.05) is 25.5 Å². The second-order valence-electron chi connectivity index (χ2n) is 9.51. The van der Waals surface area contributed by atoms with Gasteiger partial charge in [-0.2, -0.15) is 0 Å². The van der Waals surface area contributed by atoms with Crippen LogP contribution < -0.4 is 10.2 Å². The van der Waals surface area contributed by atoms with Gasteiger partial charge >= 0.3 is 0 Å². The van der Waals surface area contributed by atoms with Gasteiger partial charge in [-0.25, -0.2) is 9.97 Å². The number of aromatic nitrogens is 2. The van der Waals surface area contributed by atoms with Gasteiger partial charge < -0.3 is 14.6 Å². The van der Waals surface area contributed by atoms with Crippen LogP contribution in [0.2, 0.25) is 0 Å². The standard InChI is InChI=1S/C17H23NO.C11H13N3/c1-13-6-8-14(9-7-13)11-18-12-16-10-15-4-2-3-5-17(15)19-16;1-8-12-10-7-5-4-6-9(10)11(13-8)14(2)3/h2-5,10,13-14,18H,6-9,11-12H2,1H3;4-7H,1-3H3. The molecule has 0 atom stereocenters. The summed E-state index contributed by atoms with van der Waals surface area (Å²) in [6.45, 7) is 6.27. The third-order valence-corrected chi connectivity index (χ3v) is 6.46. The Labute approximate surface area is 197 Å². The van der Waals surface area contributed by atoms with Gasteiger partial charge in [0.1, 0.15) is 23.0 Å². The number of rotatable bonds is 5. The SMILES string of the molecule is CC1CCC(CNCc2cc3ccccc3o2)CC1.Cc1nc(N(C)C)c2ccccc2n1. The summed E-state index contributed by atoms with van der Waals surface area (Å²) < 4.78 is 5.81. The molecule has 2 heterocycles. The minimum Gasteiger partial charge on any atom is -0.460 e. The van der Waals surface area contributed by atoms with E-state index in [0.29, 0.717) is 0 Å². The monoisotopic (exact) mass is 444 g/mol. The van der Waals surface area contributed by atoms with Gasteiger partial charge in [0, 0.05) is 24.9 Å². The lowest BCUT2D eigenvalue weighted by Gasteiger charge is -2.26. The van der Waals surface area contributed by atoms with Crippen molar-refractivity contribution in [2.45, 2.75) is 46.1 Å². The second-order valence-corrected chi connectivity index (χ2v) is 9.51. The highest BCUT2D eigenvalue weighted by Crippen LogP contribution is 2.28. The molecular formula is C28H36N4O. The van der Waals surface area contributed by atoms with E-state index in [4.69, 9.17) is 4.42 Å². The Kier molecular flexibility index (Phi) is 7.61. The summed E-state index contributed by atoms with van der Waals surface area (Å²) in [5.74, 6) is 4.64. The molecule has 5 nitrogen and oxygen atoms in total. The number of nitrogens with one attached hydrogen (secondary N) is 1. The first-order valence-electron chi connectivity index (χ1n) is 12.1. The summed E-state index contributed by atoms with van der Waals surface area (Å²) in [5, 5.41) is 5.85. The molecule has 0 unspecified atom stereocenters. The number of anilines is 1. The highest BCUT2D eigenvalue weighted by atomic mass is 16.3. The third kappa shape index (κ3) is 6.11. The van der Waals surface area contributed by atoms with Gasteiger partial charge in [0.05, 0.1) is 12.1 Å². The molecule has 0 amide bonds. The van der Waals surface area contributed by atoms with Crippen LogP contribution >= 0.6 is 0 Å². The fraction of sp³-hybridized carbons (Fsp3) is 0.429. The Morgan fingerprint density at radius 1 is 0.970 bits per heavy atom. The van der Waals surface area contributed by atoms with E-state index in [1.54, 1.807) is 0 Å². The third-order valence-electron chi connectivity index (χ3n) is 6.46. The normalized spacial score (nSPS) is 18.2. The van der Waals surface area contributed by atoms with Crippen LogP contribution in [-0.2, 0) is 6.54 Å². The zero-order valence-corrected chi connectivity index (χ0v) is 20.3. The van der Waals surface area contributed by atoms with Crippen LogP contribution in [0.4, 0.5) is 5.82 Å². The van der Waals surface area contributed by atoms with Crippen LogP contribution in [0.1, 0.15) is 44.2 Å². The van der Waals surface area contributed by atoms with Gasteiger partial charge in [0.25, 0.3) is 0 Å². The number of para-hydroxylation sites is 2. The van der Waals surface area contributed by atoms with Crippen molar-refractivity contribution in [1.82, 2.24) is 15.3 Å². The lowest BCUT2D eigenvalue weighted by atomic mass is 9.83. The van der Waals surface area contributed by atoms with Gasteiger partial charge in [0.15, 0.2) is 0 Å². The molecule has 33 heavy (non-hydrogen) atoms. The van der Waals surface area contributed by atoms with Crippen molar-refractivity contribution in [2.24, 2.45) is 11.8 Å². The summed E-state index contributed by atoms with van der Waals surface area (Å²) in [6.07, 6.45) is 5.57. The van der Waals surface area contributed by atoms with Crippen LogP contribution in [0.25, 0.3) is 21.9 Å². The van der Waals surface area contributed by atoms with E-state index >= 15 is 0 Å². The summed E-state index contributed by atoms with van der Waals surface area (Å²) >= 11 is 0. The number of fused-ring (bicyclic) bond motifs is 2. The van der Waals surface area contributed by atoms with Crippen molar-refractivity contribution in [3.05, 3.63) is 66.2 Å². The number of nitrogens with zero attached hydrogens (tertiary/aromatic N) is 3. The minimum atomic E-state index is 0.812. The average molecular weight is 445 g/mol. The van der Waals surface area contributed by atoms with Gasteiger partial charge in [-0.15, -0.1) is 0 Å². The predicted octanol–water partition coefficient (Wildman–Crippen LogP) is 6.35. The Morgan fingerprint density at radius 2 is 1.70 bits per heavy atom. The van der Waals surface area contributed by atoms with E-state index in [2.05, 4.69) is 40.4 Å². The molecule has 2 aromatic carbocycles. The maximum Gasteiger partial charge on any atom is 0.139 e. The Bertz CT molecular complexity index is 1140. The molecule has 1 aliphatic carbocycles. The topological polar surface area (TPSA) is 54.2 Å². The number of hydrogen-bond acceptors (Lipinski definition) is 5. The fourth-order valence-electron chi connectivity index (χ4n) is 4.57. The molecule has 0 radical (unpaired) electrons. The molecule has 2 aromatic heterocycles. The van der Waals surface area contributed by atoms with E-state index in [1.807, 2.05) is 62.3 Å². The molecule has 4 aromatic rings. The second kappa shape index (κ2) is 10.8. The van der Waals surface area contributed by atoms with Crippen LogP contribution in [0, 0.1) is 18.8 Å². The zero-order valence-electron chi connectivity index (χ0n) is 20.3. The number of benzene rings is 2. The Hall–Kier alpha value is -2.92. The molecule has 5 heteroatoms. The van der Waals surface area contributed by atoms with Crippen LogP contribution in [0.5, 0.6) is 0 Å². The van der Waals surface area contributed by atoms with Crippen molar-refractivity contribution in [3.8, 4) is 0 Å². The Balaban J connectivity index is 0.000000165. The predicted molar refractivity (Wildman–Crippen MR) is 138 cm³/mol. The molecule has 0 aliphatic heterocycles.